The Labute approximate surface area is 137 Å². The minimum absolute atomic E-state index is 0.637. The molecule has 1 aromatic heterocycles. The number of aliphatic imine (C=N–C) groups is 1. The lowest BCUT2D eigenvalue weighted by Crippen LogP contribution is -2.39. The highest BCUT2D eigenvalue weighted by Gasteiger charge is 1.97. The van der Waals surface area contributed by atoms with Crippen molar-refractivity contribution in [3.63, 3.8) is 0 Å². The predicted octanol–water partition coefficient (Wildman–Crippen LogP) is 1.65. The Balaban J connectivity index is 1.51. The number of nitrogens with one attached hydrogen (secondary N) is 2. The van der Waals surface area contributed by atoms with Gasteiger partial charge in [0, 0.05) is 39.1 Å². The smallest absolute Gasteiger partial charge is 0.191 e. The molecule has 6 nitrogen and oxygen atoms in total. The summed E-state index contributed by atoms with van der Waals surface area (Å²) < 4.78 is 7.56. The molecule has 0 aliphatic rings. The van der Waals surface area contributed by atoms with E-state index in [2.05, 4.69) is 32.9 Å². The van der Waals surface area contributed by atoms with Crippen molar-refractivity contribution in [2.45, 2.75) is 19.6 Å². The third-order valence-corrected chi connectivity index (χ3v) is 3.29. The normalized spacial score (nSPS) is 11.4. The summed E-state index contributed by atoms with van der Waals surface area (Å²) in [6.07, 6.45) is 4.76. The van der Waals surface area contributed by atoms with E-state index in [0.717, 1.165) is 32.0 Å². The Kier molecular flexibility index (Phi) is 7.69. The number of hydrogen-bond donors (Lipinski definition) is 2. The number of benzene rings is 1. The molecule has 0 atom stereocenters. The average Bonchev–Trinajstić information content (AvgIpc) is 3.11. The lowest BCUT2D eigenvalue weighted by molar-refractivity contribution is 0.125. The molecule has 0 radical (unpaired) electrons. The van der Waals surface area contributed by atoms with Crippen molar-refractivity contribution in [1.82, 2.24) is 20.4 Å². The summed E-state index contributed by atoms with van der Waals surface area (Å²) in [4.78, 5) is 4.19. The van der Waals surface area contributed by atoms with Gasteiger partial charge in [-0.05, 0) is 18.1 Å². The van der Waals surface area contributed by atoms with Crippen LogP contribution in [0.5, 0.6) is 0 Å². The number of aryl methyl sites for hydroxylation is 1. The first-order valence-electron chi connectivity index (χ1n) is 7.92. The molecule has 0 unspecified atom stereocenters. The van der Waals surface area contributed by atoms with Crippen LogP contribution < -0.4 is 10.6 Å². The van der Waals surface area contributed by atoms with E-state index in [1.807, 2.05) is 35.1 Å². The second kappa shape index (κ2) is 10.4. The molecule has 2 aromatic rings. The van der Waals surface area contributed by atoms with Crippen molar-refractivity contribution in [3.05, 3.63) is 54.4 Å². The van der Waals surface area contributed by atoms with E-state index < -0.39 is 0 Å². The maximum atomic E-state index is 5.63. The monoisotopic (exact) mass is 315 g/mol. The molecule has 0 saturated carbocycles. The van der Waals surface area contributed by atoms with E-state index in [9.17, 15) is 0 Å². The highest BCUT2D eigenvalue weighted by Crippen LogP contribution is 1.99. The Hall–Kier alpha value is -2.34. The minimum Gasteiger partial charge on any atom is -0.375 e. The van der Waals surface area contributed by atoms with Crippen molar-refractivity contribution in [3.8, 4) is 0 Å². The topological polar surface area (TPSA) is 63.5 Å². The first kappa shape index (κ1) is 17.0. The SMILES string of the molecule is CN=C(NCCCn1cccn1)NCCOCc1ccccc1. The van der Waals surface area contributed by atoms with Gasteiger partial charge in [-0.1, -0.05) is 30.3 Å². The third-order valence-electron chi connectivity index (χ3n) is 3.29. The van der Waals surface area contributed by atoms with Crippen LogP contribution in [0.2, 0.25) is 0 Å². The second-order valence-corrected chi connectivity index (χ2v) is 5.09. The molecule has 23 heavy (non-hydrogen) atoms. The van der Waals surface area contributed by atoms with E-state index in [4.69, 9.17) is 4.74 Å². The van der Waals surface area contributed by atoms with Crippen LogP contribution in [0.3, 0.4) is 0 Å². The van der Waals surface area contributed by atoms with Crippen LogP contribution in [0.4, 0.5) is 0 Å². The molecule has 0 amide bonds. The molecule has 1 heterocycles. The number of nitrogens with zero attached hydrogens (tertiary/aromatic N) is 3. The number of hydrogen-bond acceptors (Lipinski definition) is 3. The molecular formula is C17H25N5O. The average molecular weight is 315 g/mol. The van der Waals surface area contributed by atoms with Crippen molar-refractivity contribution in [1.29, 1.82) is 0 Å². The van der Waals surface area contributed by atoms with Crippen molar-refractivity contribution in [2.75, 3.05) is 26.7 Å². The highest BCUT2D eigenvalue weighted by molar-refractivity contribution is 5.79. The maximum Gasteiger partial charge on any atom is 0.191 e. The number of ether oxygens (including phenoxy) is 1. The van der Waals surface area contributed by atoms with Gasteiger partial charge in [-0.3, -0.25) is 9.67 Å². The first-order chi connectivity index (χ1) is 11.4. The maximum absolute atomic E-state index is 5.63. The zero-order valence-electron chi connectivity index (χ0n) is 13.6. The largest absolute Gasteiger partial charge is 0.375 e. The standard InChI is InChI=1S/C17H25N5O/c1-18-17(19-9-5-12-22-13-6-10-21-22)20-11-14-23-15-16-7-3-2-4-8-16/h2-4,6-8,10,13H,5,9,11-12,14-15H2,1H3,(H2,18,19,20). The van der Waals surface area contributed by atoms with Crippen LogP contribution in [0.1, 0.15) is 12.0 Å². The summed E-state index contributed by atoms with van der Waals surface area (Å²) in [6, 6.07) is 12.1. The Morgan fingerprint density at radius 1 is 1.17 bits per heavy atom. The minimum atomic E-state index is 0.637. The molecule has 124 valence electrons. The fourth-order valence-electron chi connectivity index (χ4n) is 2.11. The molecule has 0 aliphatic heterocycles. The summed E-state index contributed by atoms with van der Waals surface area (Å²) >= 11 is 0. The molecule has 1 aromatic carbocycles. The second-order valence-electron chi connectivity index (χ2n) is 5.09. The zero-order valence-corrected chi connectivity index (χ0v) is 13.6. The van der Waals surface area contributed by atoms with Gasteiger partial charge < -0.3 is 15.4 Å². The number of guanidine groups is 1. The third kappa shape index (κ3) is 6.97. The van der Waals surface area contributed by atoms with E-state index in [0.29, 0.717) is 13.2 Å². The summed E-state index contributed by atoms with van der Waals surface area (Å²) in [7, 11) is 1.77. The lowest BCUT2D eigenvalue weighted by atomic mass is 10.2. The van der Waals surface area contributed by atoms with Gasteiger partial charge in [-0.15, -0.1) is 0 Å². The highest BCUT2D eigenvalue weighted by atomic mass is 16.5. The van der Waals surface area contributed by atoms with Gasteiger partial charge in [0.05, 0.1) is 13.2 Å². The van der Waals surface area contributed by atoms with E-state index in [1.54, 1.807) is 13.2 Å². The number of aromatic nitrogens is 2. The summed E-state index contributed by atoms with van der Waals surface area (Å²) in [5.74, 6) is 0.800. The van der Waals surface area contributed by atoms with Gasteiger partial charge in [0.25, 0.3) is 0 Å². The predicted molar refractivity (Wildman–Crippen MR) is 92.3 cm³/mol. The molecule has 0 fully saturated rings. The van der Waals surface area contributed by atoms with Gasteiger partial charge in [-0.25, -0.2) is 0 Å². The molecule has 2 rings (SSSR count). The number of rotatable bonds is 9. The van der Waals surface area contributed by atoms with Crippen LogP contribution in [-0.4, -0.2) is 42.5 Å². The van der Waals surface area contributed by atoms with Crippen LogP contribution in [0, 0.1) is 0 Å². The van der Waals surface area contributed by atoms with Gasteiger partial charge >= 0.3 is 0 Å². The Morgan fingerprint density at radius 3 is 2.74 bits per heavy atom. The molecule has 2 N–H and O–H groups in total. The van der Waals surface area contributed by atoms with Crippen molar-refractivity contribution in [2.24, 2.45) is 4.99 Å². The fourth-order valence-corrected chi connectivity index (χ4v) is 2.11. The van der Waals surface area contributed by atoms with Crippen LogP contribution >= 0.6 is 0 Å². The summed E-state index contributed by atoms with van der Waals surface area (Å²) in [5.41, 5.74) is 1.19. The fraction of sp³-hybridized carbons (Fsp3) is 0.412. The molecule has 0 saturated heterocycles. The van der Waals surface area contributed by atoms with E-state index in [1.165, 1.54) is 5.56 Å². The Morgan fingerprint density at radius 2 is 2.00 bits per heavy atom. The zero-order chi connectivity index (χ0) is 16.2. The van der Waals surface area contributed by atoms with Crippen LogP contribution in [-0.2, 0) is 17.9 Å². The first-order valence-corrected chi connectivity index (χ1v) is 7.92. The quantitative estimate of drug-likeness (QED) is 0.420. The molecule has 0 spiro atoms. The molecule has 0 aliphatic carbocycles. The van der Waals surface area contributed by atoms with Gasteiger partial charge in [0.1, 0.15) is 0 Å². The van der Waals surface area contributed by atoms with Gasteiger partial charge in [-0.2, -0.15) is 5.10 Å². The van der Waals surface area contributed by atoms with E-state index >= 15 is 0 Å². The summed E-state index contributed by atoms with van der Waals surface area (Å²) in [6.45, 7) is 3.76. The lowest BCUT2D eigenvalue weighted by Gasteiger charge is -2.12. The van der Waals surface area contributed by atoms with Crippen LogP contribution in [0.25, 0.3) is 0 Å². The van der Waals surface area contributed by atoms with E-state index in [-0.39, 0.29) is 0 Å². The van der Waals surface area contributed by atoms with Crippen LogP contribution in [0.15, 0.2) is 53.8 Å². The Bertz CT molecular complexity index is 554. The van der Waals surface area contributed by atoms with Gasteiger partial charge in [0.15, 0.2) is 5.96 Å². The van der Waals surface area contributed by atoms with Crippen molar-refractivity contribution >= 4 is 5.96 Å². The molecular weight excluding hydrogens is 290 g/mol. The van der Waals surface area contributed by atoms with Crippen molar-refractivity contribution < 1.29 is 4.74 Å². The molecule has 6 heteroatoms. The summed E-state index contributed by atoms with van der Waals surface area (Å²) in [5, 5.41) is 10.7. The molecule has 0 bridgehead atoms. The van der Waals surface area contributed by atoms with Gasteiger partial charge in [0.2, 0.25) is 0 Å².